The van der Waals surface area contributed by atoms with Gasteiger partial charge in [0.05, 0.1) is 10.6 Å². The summed E-state index contributed by atoms with van der Waals surface area (Å²) in [6, 6.07) is 2.11. The summed E-state index contributed by atoms with van der Waals surface area (Å²) in [4.78, 5) is 19.4. The molecule has 3 nitrogen and oxygen atoms in total. The highest BCUT2D eigenvalue weighted by atomic mass is 32.1. The number of aryl methyl sites for hydroxylation is 2. The SMILES string of the molecule is O=C(Nc1nc2c(s1)CCCCC2)c1sccc1C1CC1. The zero-order valence-corrected chi connectivity index (χ0v) is 13.5. The van der Waals surface area contributed by atoms with Gasteiger partial charge in [0, 0.05) is 4.88 Å². The molecule has 4 rings (SSSR count). The lowest BCUT2D eigenvalue weighted by Gasteiger charge is -2.02. The Morgan fingerprint density at radius 3 is 2.95 bits per heavy atom. The fraction of sp³-hybridized carbons (Fsp3) is 0.500. The Balaban J connectivity index is 1.52. The van der Waals surface area contributed by atoms with Gasteiger partial charge in [-0.3, -0.25) is 10.1 Å². The van der Waals surface area contributed by atoms with Crippen LogP contribution in [0, 0.1) is 0 Å². The number of aromatic nitrogens is 1. The van der Waals surface area contributed by atoms with Gasteiger partial charge in [-0.05, 0) is 61.5 Å². The van der Waals surface area contributed by atoms with Crippen LogP contribution in [0.2, 0.25) is 0 Å². The van der Waals surface area contributed by atoms with Crippen LogP contribution in [0.4, 0.5) is 5.13 Å². The van der Waals surface area contributed by atoms with E-state index in [1.54, 1.807) is 22.7 Å². The lowest BCUT2D eigenvalue weighted by atomic mass is 10.1. The number of nitrogens with one attached hydrogen (secondary N) is 1. The Kier molecular flexibility index (Phi) is 3.55. The average Bonchev–Trinajstić information content (AvgIpc) is 3.15. The first kappa shape index (κ1) is 13.5. The van der Waals surface area contributed by atoms with Gasteiger partial charge in [-0.15, -0.1) is 22.7 Å². The summed E-state index contributed by atoms with van der Waals surface area (Å²) in [5.41, 5.74) is 2.44. The van der Waals surface area contributed by atoms with Crippen molar-refractivity contribution < 1.29 is 4.79 Å². The van der Waals surface area contributed by atoms with E-state index >= 15 is 0 Å². The molecule has 2 aromatic rings. The Morgan fingerprint density at radius 2 is 2.10 bits per heavy atom. The van der Waals surface area contributed by atoms with E-state index in [9.17, 15) is 4.79 Å². The Bertz CT molecular complexity index is 646. The summed E-state index contributed by atoms with van der Waals surface area (Å²) in [5, 5.41) is 5.83. The molecular weight excluding hydrogens is 300 g/mol. The summed E-state index contributed by atoms with van der Waals surface area (Å²) in [6.07, 6.45) is 8.40. The Hall–Kier alpha value is -1.20. The summed E-state index contributed by atoms with van der Waals surface area (Å²) >= 11 is 3.21. The van der Waals surface area contributed by atoms with Crippen LogP contribution in [0.3, 0.4) is 0 Å². The minimum atomic E-state index is 0.0239. The van der Waals surface area contributed by atoms with E-state index in [1.165, 1.54) is 48.2 Å². The predicted molar refractivity (Wildman–Crippen MR) is 87.6 cm³/mol. The highest BCUT2D eigenvalue weighted by Crippen LogP contribution is 2.43. The van der Waals surface area contributed by atoms with E-state index in [1.807, 2.05) is 5.38 Å². The van der Waals surface area contributed by atoms with Crippen molar-refractivity contribution in [2.75, 3.05) is 5.32 Å². The van der Waals surface area contributed by atoms with Gasteiger partial charge in [-0.1, -0.05) is 6.42 Å². The monoisotopic (exact) mass is 318 g/mol. The van der Waals surface area contributed by atoms with E-state index in [0.29, 0.717) is 5.92 Å². The number of hydrogen-bond donors (Lipinski definition) is 1. The number of thiazole rings is 1. The van der Waals surface area contributed by atoms with Crippen molar-refractivity contribution in [1.29, 1.82) is 0 Å². The fourth-order valence-electron chi connectivity index (χ4n) is 2.96. The Labute approximate surface area is 132 Å². The van der Waals surface area contributed by atoms with Crippen LogP contribution in [-0.2, 0) is 12.8 Å². The minimum absolute atomic E-state index is 0.0239. The molecule has 0 unspecified atom stereocenters. The fourth-order valence-corrected chi connectivity index (χ4v) is 4.88. The molecule has 0 aliphatic heterocycles. The molecule has 1 N–H and O–H groups in total. The number of fused-ring (bicyclic) bond motifs is 1. The number of thiophene rings is 1. The number of hydrogen-bond acceptors (Lipinski definition) is 4. The smallest absolute Gasteiger partial charge is 0.267 e. The van der Waals surface area contributed by atoms with Gasteiger partial charge in [-0.25, -0.2) is 4.98 Å². The summed E-state index contributed by atoms with van der Waals surface area (Å²) in [6.45, 7) is 0. The molecule has 2 aliphatic carbocycles. The number of carbonyl (C=O) groups excluding carboxylic acids is 1. The van der Waals surface area contributed by atoms with Crippen LogP contribution in [-0.4, -0.2) is 10.9 Å². The Morgan fingerprint density at radius 1 is 1.24 bits per heavy atom. The molecule has 2 aliphatic rings. The molecule has 1 saturated carbocycles. The third-order valence-corrected chi connectivity index (χ3v) is 6.24. The molecule has 0 bridgehead atoms. The van der Waals surface area contributed by atoms with Crippen LogP contribution in [0.1, 0.15) is 63.8 Å². The first-order valence-electron chi connectivity index (χ1n) is 7.68. The second-order valence-corrected chi connectivity index (χ2v) is 7.88. The number of amides is 1. The van der Waals surface area contributed by atoms with Gasteiger partial charge >= 0.3 is 0 Å². The van der Waals surface area contributed by atoms with Gasteiger partial charge in [0.1, 0.15) is 0 Å². The molecule has 0 saturated heterocycles. The van der Waals surface area contributed by atoms with Crippen molar-refractivity contribution in [2.45, 2.75) is 50.9 Å². The van der Waals surface area contributed by atoms with E-state index in [2.05, 4.69) is 16.4 Å². The van der Waals surface area contributed by atoms with E-state index < -0.39 is 0 Å². The summed E-state index contributed by atoms with van der Waals surface area (Å²) in [7, 11) is 0. The van der Waals surface area contributed by atoms with Crippen molar-refractivity contribution in [2.24, 2.45) is 0 Å². The van der Waals surface area contributed by atoms with Crippen molar-refractivity contribution in [3.8, 4) is 0 Å². The molecule has 5 heteroatoms. The first-order valence-corrected chi connectivity index (χ1v) is 9.38. The molecule has 0 atom stereocenters. The standard InChI is InChI=1S/C16H18N2OS2/c19-15(14-11(8-9-20-14)10-6-7-10)18-16-17-12-4-2-1-3-5-13(12)21-16/h8-10H,1-7H2,(H,17,18,19). The normalized spacial score (nSPS) is 18.1. The lowest BCUT2D eigenvalue weighted by Crippen LogP contribution is -2.11. The molecule has 0 spiro atoms. The van der Waals surface area contributed by atoms with Gasteiger partial charge < -0.3 is 0 Å². The molecule has 0 radical (unpaired) electrons. The number of nitrogens with zero attached hydrogens (tertiary/aromatic N) is 1. The molecule has 1 fully saturated rings. The van der Waals surface area contributed by atoms with Gasteiger partial charge in [0.25, 0.3) is 5.91 Å². The quantitative estimate of drug-likeness (QED) is 0.840. The first-order chi connectivity index (χ1) is 10.3. The summed E-state index contributed by atoms with van der Waals surface area (Å²) < 4.78 is 0. The van der Waals surface area contributed by atoms with Gasteiger partial charge in [0.15, 0.2) is 5.13 Å². The van der Waals surface area contributed by atoms with Crippen LogP contribution < -0.4 is 5.32 Å². The van der Waals surface area contributed by atoms with Gasteiger partial charge in [0.2, 0.25) is 0 Å². The lowest BCUT2D eigenvalue weighted by molar-refractivity contribution is 0.102. The van der Waals surface area contributed by atoms with E-state index in [-0.39, 0.29) is 5.91 Å². The van der Waals surface area contributed by atoms with E-state index in [0.717, 1.165) is 22.9 Å². The minimum Gasteiger partial charge on any atom is -0.297 e. The summed E-state index contributed by atoms with van der Waals surface area (Å²) in [5.74, 6) is 0.640. The maximum absolute atomic E-state index is 12.5. The van der Waals surface area contributed by atoms with Gasteiger partial charge in [-0.2, -0.15) is 0 Å². The maximum atomic E-state index is 12.5. The molecular formula is C16H18N2OS2. The largest absolute Gasteiger partial charge is 0.297 e. The molecule has 2 heterocycles. The molecule has 21 heavy (non-hydrogen) atoms. The number of carbonyl (C=O) groups is 1. The van der Waals surface area contributed by atoms with Crippen LogP contribution >= 0.6 is 22.7 Å². The van der Waals surface area contributed by atoms with Crippen LogP contribution in [0.15, 0.2) is 11.4 Å². The van der Waals surface area contributed by atoms with Crippen molar-refractivity contribution in [3.63, 3.8) is 0 Å². The zero-order chi connectivity index (χ0) is 14.2. The highest BCUT2D eigenvalue weighted by Gasteiger charge is 2.29. The second-order valence-electron chi connectivity index (χ2n) is 5.88. The molecule has 1 amide bonds. The van der Waals surface area contributed by atoms with Crippen molar-refractivity contribution >= 4 is 33.7 Å². The highest BCUT2D eigenvalue weighted by molar-refractivity contribution is 7.16. The van der Waals surface area contributed by atoms with Crippen molar-refractivity contribution in [3.05, 3.63) is 32.5 Å². The van der Waals surface area contributed by atoms with E-state index in [4.69, 9.17) is 0 Å². The number of rotatable bonds is 3. The third kappa shape index (κ3) is 2.77. The predicted octanol–water partition coefficient (Wildman–Crippen LogP) is 4.60. The van der Waals surface area contributed by atoms with Crippen molar-refractivity contribution in [1.82, 2.24) is 4.98 Å². The van der Waals surface area contributed by atoms with Crippen LogP contribution in [0.25, 0.3) is 0 Å². The second kappa shape index (κ2) is 5.54. The number of anilines is 1. The maximum Gasteiger partial charge on any atom is 0.267 e. The zero-order valence-electron chi connectivity index (χ0n) is 11.9. The molecule has 2 aromatic heterocycles. The average molecular weight is 318 g/mol. The van der Waals surface area contributed by atoms with Crippen LogP contribution in [0.5, 0.6) is 0 Å². The topological polar surface area (TPSA) is 42.0 Å². The molecule has 0 aromatic carbocycles. The molecule has 110 valence electrons. The third-order valence-electron chi connectivity index (χ3n) is 4.24.